The number of hydrogen-bond acceptors (Lipinski definition) is 2. The normalized spacial score (nSPS) is 34.1. The molecule has 2 aliphatic carbocycles. The molecule has 3 aliphatic rings. The van der Waals surface area contributed by atoms with Gasteiger partial charge in [-0.15, -0.1) is 0 Å². The maximum absolute atomic E-state index is 3.83. The summed E-state index contributed by atoms with van der Waals surface area (Å²) in [5, 5.41) is 3.83. The van der Waals surface area contributed by atoms with Crippen molar-refractivity contribution in [3.05, 3.63) is 0 Å². The van der Waals surface area contributed by atoms with E-state index >= 15 is 0 Å². The van der Waals surface area contributed by atoms with Gasteiger partial charge < -0.3 is 10.2 Å². The highest BCUT2D eigenvalue weighted by Crippen LogP contribution is 2.44. The molecule has 0 aromatic carbocycles. The van der Waals surface area contributed by atoms with Gasteiger partial charge in [0.05, 0.1) is 0 Å². The molecule has 2 saturated carbocycles. The largest absolute Gasteiger partial charge is 0.313 e. The summed E-state index contributed by atoms with van der Waals surface area (Å²) in [6, 6.07) is 0.809. The van der Waals surface area contributed by atoms with Crippen LogP contribution in [0.1, 0.15) is 77.6 Å². The maximum Gasteiger partial charge on any atom is 0.0107 e. The van der Waals surface area contributed by atoms with Gasteiger partial charge in [-0.2, -0.15) is 0 Å². The Balaban J connectivity index is 1.32. The molecule has 0 bridgehead atoms. The Hall–Kier alpha value is -0.0800. The van der Waals surface area contributed by atoms with E-state index in [1.807, 2.05) is 0 Å². The van der Waals surface area contributed by atoms with Crippen LogP contribution in [-0.4, -0.2) is 37.1 Å². The van der Waals surface area contributed by atoms with Crippen LogP contribution in [0.15, 0.2) is 0 Å². The van der Waals surface area contributed by atoms with Crippen LogP contribution < -0.4 is 5.32 Å². The van der Waals surface area contributed by atoms with Crippen LogP contribution in [0.5, 0.6) is 0 Å². The number of likely N-dealkylation sites (tertiary alicyclic amines) is 1. The van der Waals surface area contributed by atoms with E-state index in [0.29, 0.717) is 0 Å². The van der Waals surface area contributed by atoms with Crippen molar-refractivity contribution >= 4 is 0 Å². The summed E-state index contributed by atoms with van der Waals surface area (Å²) >= 11 is 0. The number of piperidine rings is 1. The lowest BCUT2D eigenvalue weighted by atomic mass is 9.68. The van der Waals surface area contributed by atoms with Crippen LogP contribution in [-0.2, 0) is 0 Å². The summed E-state index contributed by atoms with van der Waals surface area (Å²) in [4.78, 5) is 2.72. The Morgan fingerprint density at radius 3 is 2.43 bits per heavy atom. The molecule has 1 spiro atoms. The van der Waals surface area contributed by atoms with Gasteiger partial charge in [0.15, 0.2) is 0 Å². The van der Waals surface area contributed by atoms with Gasteiger partial charge in [0.25, 0.3) is 0 Å². The zero-order valence-corrected chi connectivity index (χ0v) is 14.2. The number of nitrogens with one attached hydrogen (secondary N) is 1. The molecule has 122 valence electrons. The van der Waals surface area contributed by atoms with Crippen molar-refractivity contribution in [1.82, 2.24) is 10.2 Å². The van der Waals surface area contributed by atoms with Crippen molar-refractivity contribution in [3.8, 4) is 0 Å². The molecule has 0 amide bonds. The predicted molar refractivity (Wildman–Crippen MR) is 90.6 cm³/mol. The molecular weight excluding hydrogens is 256 g/mol. The molecule has 2 heteroatoms. The maximum atomic E-state index is 3.83. The highest BCUT2D eigenvalue weighted by Gasteiger charge is 2.35. The van der Waals surface area contributed by atoms with Gasteiger partial charge in [-0.05, 0) is 62.9 Å². The molecule has 21 heavy (non-hydrogen) atoms. The third-order valence-electron chi connectivity index (χ3n) is 6.63. The third-order valence-corrected chi connectivity index (χ3v) is 6.63. The van der Waals surface area contributed by atoms with Crippen molar-refractivity contribution in [3.63, 3.8) is 0 Å². The highest BCUT2D eigenvalue weighted by molar-refractivity contribution is 4.88. The lowest BCUT2D eigenvalue weighted by Gasteiger charge is -2.44. The van der Waals surface area contributed by atoms with Crippen LogP contribution >= 0.6 is 0 Å². The zero-order valence-electron chi connectivity index (χ0n) is 14.2. The molecule has 1 aliphatic heterocycles. The molecule has 1 N–H and O–H groups in total. The van der Waals surface area contributed by atoms with E-state index in [2.05, 4.69) is 17.1 Å². The van der Waals surface area contributed by atoms with E-state index in [9.17, 15) is 0 Å². The fourth-order valence-corrected chi connectivity index (χ4v) is 5.10. The van der Waals surface area contributed by atoms with Gasteiger partial charge >= 0.3 is 0 Å². The van der Waals surface area contributed by atoms with Gasteiger partial charge in [-0.3, -0.25) is 0 Å². The molecule has 2 atom stereocenters. The van der Waals surface area contributed by atoms with Gasteiger partial charge in [0.1, 0.15) is 0 Å². The molecule has 1 heterocycles. The number of nitrogens with zero attached hydrogens (tertiary/aromatic N) is 1. The number of hydrogen-bond donors (Lipinski definition) is 1. The van der Waals surface area contributed by atoms with E-state index in [4.69, 9.17) is 0 Å². The fourth-order valence-electron chi connectivity index (χ4n) is 5.10. The second kappa shape index (κ2) is 7.46. The van der Waals surface area contributed by atoms with E-state index in [-0.39, 0.29) is 0 Å². The Bertz CT molecular complexity index is 299. The molecule has 3 fully saturated rings. The molecule has 0 aromatic heterocycles. The second-order valence-corrected chi connectivity index (χ2v) is 8.33. The first-order valence-electron chi connectivity index (χ1n) is 9.72. The summed E-state index contributed by atoms with van der Waals surface area (Å²) in [5.41, 5.74) is 0.765. The van der Waals surface area contributed by atoms with Crippen molar-refractivity contribution in [2.45, 2.75) is 83.6 Å². The summed E-state index contributed by atoms with van der Waals surface area (Å²) < 4.78 is 0. The van der Waals surface area contributed by atoms with E-state index in [1.165, 1.54) is 96.8 Å². The van der Waals surface area contributed by atoms with Crippen LogP contribution in [0.4, 0.5) is 0 Å². The molecular formula is C19H36N2. The summed E-state index contributed by atoms with van der Waals surface area (Å²) in [5.74, 6) is 0.942. The smallest absolute Gasteiger partial charge is 0.0107 e. The highest BCUT2D eigenvalue weighted by atomic mass is 15.1. The molecule has 0 radical (unpaired) electrons. The average molecular weight is 293 g/mol. The lowest BCUT2D eigenvalue weighted by Crippen LogP contribution is -2.45. The van der Waals surface area contributed by atoms with E-state index < -0.39 is 0 Å². The number of rotatable bonds is 4. The van der Waals surface area contributed by atoms with Gasteiger partial charge in [0.2, 0.25) is 0 Å². The lowest BCUT2D eigenvalue weighted by molar-refractivity contribution is 0.0676. The Morgan fingerprint density at radius 1 is 0.952 bits per heavy atom. The van der Waals surface area contributed by atoms with Crippen LogP contribution in [0, 0.1) is 11.3 Å². The molecule has 2 nitrogen and oxygen atoms in total. The Morgan fingerprint density at radius 2 is 1.71 bits per heavy atom. The zero-order chi connectivity index (χ0) is 14.5. The first-order chi connectivity index (χ1) is 10.3. The predicted octanol–water partition coefficient (Wildman–Crippen LogP) is 4.20. The van der Waals surface area contributed by atoms with Gasteiger partial charge in [0, 0.05) is 19.1 Å². The van der Waals surface area contributed by atoms with Crippen LogP contribution in [0.3, 0.4) is 0 Å². The summed E-state index contributed by atoms with van der Waals surface area (Å²) in [6.07, 6.45) is 16.2. The standard InChI is InChI=1S/C19H36N2/c1-17-6-5-7-18(16-17)20-12-15-21-13-10-19(11-14-21)8-3-2-4-9-19/h17-18,20H,2-16H2,1H3. The first kappa shape index (κ1) is 15.8. The summed E-state index contributed by atoms with van der Waals surface area (Å²) in [6.45, 7) is 7.64. The fraction of sp³-hybridized carbons (Fsp3) is 1.00. The minimum Gasteiger partial charge on any atom is -0.313 e. The SMILES string of the molecule is CC1CCCC(NCCN2CCC3(CCCCC3)CC2)C1. The molecule has 3 rings (SSSR count). The van der Waals surface area contributed by atoms with Crippen molar-refractivity contribution in [2.24, 2.45) is 11.3 Å². The van der Waals surface area contributed by atoms with Crippen LogP contribution in [0.25, 0.3) is 0 Å². The van der Waals surface area contributed by atoms with E-state index in [1.54, 1.807) is 0 Å². The average Bonchev–Trinajstić information content (AvgIpc) is 2.51. The van der Waals surface area contributed by atoms with Crippen molar-refractivity contribution in [1.29, 1.82) is 0 Å². The van der Waals surface area contributed by atoms with Crippen molar-refractivity contribution in [2.75, 3.05) is 26.2 Å². The topological polar surface area (TPSA) is 15.3 Å². The minimum atomic E-state index is 0.765. The quantitative estimate of drug-likeness (QED) is 0.835. The van der Waals surface area contributed by atoms with E-state index in [0.717, 1.165) is 17.4 Å². The molecule has 2 unspecified atom stereocenters. The first-order valence-corrected chi connectivity index (χ1v) is 9.72. The molecule has 1 saturated heterocycles. The third kappa shape index (κ3) is 4.45. The van der Waals surface area contributed by atoms with Crippen LogP contribution in [0.2, 0.25) is 0 Å². The van der Waals surface area contributed by atoms with Crippen molar-refractivity contribution < 1.29 is 0 Å². The Kier molecular flexibility index (Phi) is 5.61. The summed E-state index contributed by atoms with van der Waals surface area (Å²) in [7, 11) is 0. The van der Waals surface area contributed by atoms with Gasteiger partial charge in [-0.25, -0.2) is 0 Å². The minimum absolute atomic E-state index is 0.765. The molecule has 0 aromatic rings. The second-order valence-electron chi connectivity index (χ2n) is 8.33. The Labute approximate surface area is 132 Å². The monoisotopic (exact) mass is 292 g/mol. The van der Waals surface area contributed by atoms with Gasteiger partial charge in [-0.1, -0.05) is 39.0 Å².